The van der Waals surface area contributed by atoms with Crippen LogP contribution in [0.4, 0.5) is 5.69 Å². The van der Waals surface area contributed by atoms with Crippen molar-refractivity contribution < 1.29 is 18.8 Å². The summed E-state index contributed by atoms with van der Waals surface area (Å²) in [5.74, 6) is 1.31. The maximum absolute atomic E-state index is 12.9. The molecule has 1 atom stereocenters. The molecule has 1 aromatic carbocycles. The first-order valence-electron chi connectivity index (χ1n) is 10.1. The lowest BCUT2D eigenvalue weighted by molar-refractivity contribution is -0.140. The summed E-state index contributed by atoms with van der Waals surface area (Å²) in [7, 11) is 1.58. The number of anilines is 1. The fraction of sp³-hybridized carbons (Fsp3) is 0.318. The monoisotopic (exact) mass is 419 g/mol. The molecule has 9 nitrogen and oxygen atoms in total. The zero-order chi connectivity index (χ0) is 21.4. The van der Waals surface area contributed by atoms with E-state index in [9.17, 15) is 9.59 Å². The van der Waals surface area contributed by atoms with Gasteiger partial charge in [-0.05, 0) is 24.3 Å². The summed E-state index contributed by atoms with van der Waals surface area (Å²) in [6.07, 6.45) is 3.56. The Kier molecular flexibility index (Phi) is 4.85. The van der Waals surface area contributed by atoms with Gasteiger partial charge in [-0.3, -0.25) is 14.6 Å². The largest absolute Gasteiger partial charge is 0.497 e. The van der Waals surface area contributed by atoms with Gasteiger partial charge in [0.2, 0.25) is 23.5 Å². The zero-order valence-electron chi connectivity index (χ0n) is 17.0. The molecule has 0 N–H and O–H groups in total. The van der Waals surface area contributed by atoms with Crippen molar-refractivity contribution in [1.29, 1.82) is 0 Å². The zero-order valence-corrected chi connectivity index (χ0v) is 17.0. The second-order valence-corrected chi connectivity index (χ2v) is 7.74. The van der Waals surface area contributed by atoms with Crippen molar-refractivity contribution in [3.8, 4) is 17.1 Å². The number of aromatic nitrogens is 3. The van der Waals surface area contributed by atoms with E-state index < -0.39 is 0 Å². The Labute approximate surface area is 178 Å². The van der Waals surface area contributed by atoms with E-state index in [2.05, 4.69) is 15.1 Å². The number of amides is 2. The van der Waals surface area contributed by atoms with Gasteiger partial charge in [-0.2, -0.15) is 4.98 Å². The van der Waals surface area contributed by atoms with Crippen LogP contribution in [-0.2, 0) is 9.59 Å². The number of ether oxygens (including phenoxy) is 1. The molecule has 0 spiro atoms. The highest BCUT2D eigenvalue weighted by molar-refractivity contribution is 6.00. The molecule has 0 aliphatic carbocycles. The summed E-state index contributed by atoms with van der Waals surface area (Å²) in [5, 5.41) is 4.03. The molecule has 9 heteroatoms. The molecule has 2 amide bonds. The molecule has 31 heavy (non-hydrogen) atoms. The normalized spacial score (nSPS) is 18.9. The Morgan fingerprint density at radius 3 is 2.74 bits per heavy atom. The van der Waals surface area contributed by atoms with Gasteiger partial charge in [0.1, 0.15) is 5.75 Å². The minimum Gasteiger partial charge on any atom is -0.497 e. The second-order valence-electron chi connectivity index (χ2n) is 7.74. The number of benzene rings is 1. The van der Waals surface area contributed by atoms with E-state index in [1.165, 1.54) is 0 Å². The molecule has 158 valence electrons. The Morgan fingerprint density at radius 1 is 1.16 bits per heavy atom. The van der Waals surface area contributed by atoms with Crippen LogP contribution in [0.3, 0.4) is 0 Å². The Hall–Kier alpha value is -3.75. The standard InChI is InChI=1S/C22H21N5O4/c1-30-18-4-2-3-17(10-18)27-13-15(9-19(27)28)22(29)26-11-16(12-26)21-24-20(25-31-21)14-5-7-23-8-6-14/h2-8,10,15-16H,9,11-13H2,1H3. The second kappa shape index (κ2) is 7.82. The first kappa shape index (κ1) is 19.2. The van der Waals surface area contributed by atoms with E-state index >= 15 is 0 Å². The van der Waals surface area contributed by atoms with Crippen molar-refractivity contribution in [1.82, 2.24) is 20.0 Å². The van der Waals surface area contributed by atoms with Gasteiger partial charge in [0, 0.05) is 55.8 Å². The highest BCUT2D eigenvalue weighted by Gasteiger charge is 2.42. The van der Waals surface area contributed by atoms with E-state index in [4.69, 9.17) is 9.26 Å². The van der Waals surface area contributed by atoms with Crippen LogP contribution in [0.1, 0.15) is 18.2 Å². The number of carbonyl (C=O) groups excluding carboxylic acids is 2. The van der Waals surface area contributed by atoms with Crippen LogP contribution in [-0.4, -0.2) is 58.6 Å². The van der Waals surface area contributed by atoms with Crippen LogP contribution < -0.4 is 9.64 Å². The molecule has 0 radical (unpaired) electrons. The molecule has 2 saturated heterocycles. The number of carbonyl (C=O) groups is 2. The SMILES string of the molecule is COc1cccc(N2CC(C(=O)N3CC(c4nc(-c5ccncc5)no4)C3)CC2=O)c1. The van der Waals surface area contributed by atoms with Gasteiger partial charge in [0.15, 0.2) is 0 Å². The summed E-state index contributed by atoms with van der Waals surface area (Å²) in [6.45, 7) is 1.40. The molecule has 1 unspecified atom stereocenters. The average Bonchev–Trinajstić information content (AvgIpc) is 3.40. The molecule has 4 heterocycles. The first-order chi connectivity index (χ1) is 15.1. The van der Waals surface area contributed by atoms with Crippen LogP contribution in [0.5, 0.6) is 5.75 Å². The molecule has 2 fully saturated rings. The molecule has 0 saturated carbocycles. The van der Waals surface area contributed by atoms with Gasteiger partial charge >= 0.3 is 0 Å². The summed E-state index contributed by atoms with van der Waals surface area (Å²) in [5.41, 5.74) is 1.58. The van der Waals surface area contributed by atoms with Crippen LogP contribution in [0.15, 0.2) is 53.3 Å². The number of methoxy groups -OCH3 is 1. The van der Waals surface area contributed by atoms with E-state index in [-0.39, 0.29) is 30.1 Å². The Morgan fingerprint density at radius 2 is 1.97 bits per heavy atom. The van der Waals surface area contributed by atoms with Gasteiger partial charge in [0.25, 0.3) is 0 Å². The summed E-state index contributed by atoms with van der Waals surface area (Å²) >= 11 is 0. The van der Waals surface area contributed by atoms with Gasteiger partial charge < -0.3 is 19.1 Å². The average molecular weight is 419 g/mol. The van der Waals surface area contributed by atoms with Crippen molar-refractivity contribution in [2.24, 2.45) is 5.92 Å². The minimum atomic E-state index is -0.352. The van der Waals surface area contributed by atoms with Crippen molar-refractivity contribution in [2.75, 3.05) is 31.6 Å². The fourth-order valence-electron chi connectivity index (χ4n) is 3.99. The smallest absolute Gasteiger partial charge is 0.233 e. The molecule has 5 rings (SSSR count). The molecule has 2 aromatic heterocycles. The lowest BCUT2D eigenvalue weighted by Gasteiger charge is -2.38. The third-order valence-corrected chi connectivity index (χ3v) is 5.76. The van der Waals surface area contributed by atoms with Crippen LogP contribution in [0.2, 0.25) is 0 Å². The third kappa shape index (κ3) is 3.63. The predicted octanol–water partition coefficient (Wildman–Crippen LogP) is 2.12. The maximum atomic E-state index is 12.9. The lowest BCUT2D eigenvalue weighted by Crippen LogP contribution is -2.51. The van der Waals surface area contributed by atoms with Crippen molar-refractivity contribution in [3.05, 3.63) is 54.7 Å². The highest BCUT2D eigenvalue weighted by Crippen LogP contribution is 2.33. The van der Waals surface area contributed by atoms with Gasteiger partial charge in [-0.15, -0.1) is 0 Å². The molecular weight excluding hydrogens is 398 g/mol. The Bertz CT molecular complexity index is 1110. The number of likely N-dealkylation sites (tertiary alicyclic amines) is 1. The third-order valence-electron chi connectivity index (χ3n) is 5.76. The van der Waals surface area contributed by atoms with E-state index in [0.717, 1.165) is 11.3 Å². The van der Waals surface area contributed by atoms with Gasteiger partial charge in [-0.1, -0.05) is 11.2 Å². The minimum absolute atomic E-state index is 0.0103. The first-order valence-corrected chi connectivity index (χ1v) is 10.1. The van der Waals surface area contributed by atoms with Crippen molar-refractivity contribution in [2.45, 2.75) is 12.3 Å². The number of rotatable bonds is 5. The quantitative estimate of drug-likeness (QED) is 0.624. The van der Waals surface area contributed by atoms with E-state index in [1.54, 1.807) is 35.4 Å². The van der Waals surface area contributed by atoms with E-state index in [0.29, 0.717) is 37.1 Å². The lowest BCUT2D eigenvalue weighted by atomic mass is 9.96. The van der Waals surface area contributed by atoms with Crippen molar-refractivity contribution in [3.63, 3.8) is 0 Å². The van der Waals surface area contributed by atoms with Gasteiger partial charge in [-0.25, -0.2) is 0 Å². The topological polar surface area (TPSA) is 102 Å². The Balaban J connectivity index is 1.20. The van der Waals surface area contributed by atoms with Crippen molar-refractivity contribution >= 4 is 17.5 Å². The molecule has 0 bridgehead atoms. The highest BCUT2D eigenvalue weighted by atomic mass is 16.5. The number of pyridine rings is 1. The molecular formula is C22H21N5O4. The summed E-state index contributed by atoms with van der Waals surface area (Å²) in [6, 6.07) is 10.9. The van der Waals surface area contributed by atoms with Crippen LogP contribution in [0.25, 0.3) is 11.4 Å². The van der Waals surface area contributed by atoms with Gasteiger partial charge in [0.05, 0.1) is 18.9 Å². The van der Waals surface area contributed by atoms with Crippen LogP contribution >= 0.6 is 0 Å². The fourth-order valence-corrected chi connectivity index (χ4v) is 3.99. The molecule has 2 aliphatic heterocycles. The molecule has 2 aliphatic rings. The summed E-state index contributed by atoms with van der Waals surface area (Å²) in [4.78, 5) is 37.3. The number of nitrogens with zero attached hydrogens (tertiary/aromatic N) is 5. The van der Waals surface area contributed by atoms with Crippen LogP contribution in [0, 0.1) is 5.92 Å². The molecule has 3 aromatic rings. The summed E-state index contributed by atoms with van der Waals surface area (Å²) < 4.78 is 10.6. The maximum Gasteiger partial charge on any atom is 0.233 e. The number of hydrogen-bond acceptors (Lipinski definition) is 7. The van der Waals surface area contributed by atoms with E-state index in [1.807, 2.05) is 30.3 Å². The number of hydrogen-bond donors (Lipinski definition) is 0. The predicted molar refractivity (Wildman–Crippen MR) is 110 cm³/mol.